The maximum atomic E-state index is 14.0. The fourth-order valence-corrected chi connectivity index (χ4v) is 5.87. The van der Waals surface area contributed by atoms with E-state index in [4.69, 9.17) is 9.72 Å². The third-order valence-corrected chi connectivity index (χ3v) is 7.95. The third-order valence-electron chi connectivity index (χ3n) is 7.95. The van der Waals surface area contributed by atoms with Gasteiger partial charge in [0.05, 0.1) is 0 Å². The van der Waals surface area contributed by atoms with Gasteiger partial charge in [-0.15, -0.1) is 0 Å². The zero-order valence-corrected chi connectivity index (χ0v) is 22.6. The molecule has 2 unspecified atom stereocenters. The molecule has 2 aliphatic rings. The lowest BCUT2D eigenvalue weighted by Crippen LogP contribution is -2.54. The van der Waals surface area contributed by atoms with Crippen molar-refractivity contribution in [3.8, 4) is 11.1 Å². The number of nitrogens with zero attached hydrogens (tertiary/aromatic N) is 4. The van der Waals surface area contributed by atoms with E-state index in [0.29, 0.717) is 49.8 Å². The van der Waals surface area contributed by atoms with E-state index in [2.05, 4.69) is 31.1 Å². The Balaban J connectivity index is 1.53. The molecule has 0 saturated carbocycles. The van der Waals surface area contributed by atoms with Crippen molar-refractivity contribution in [1.29, 1.82) is 0 Å². The van der Waals surface area contributed by atoms with E-state index >= 15 is 0 Å². The fourth-order valence-electron chi connectivity index (χ4n) is 5.87. The number of anilines is 1. The number of aromatic nitrogens is 3. The smallest absolute Gasteiger partial charge is 0.407 e. The van der Waals surface area contributed by atoms with E-state index in [1.165, 1.54) is 0 Å². The van der Waals surface area contributed by atoms with Gasteiger partial charge in [0.2, 0.25) is 5.95 Å². The Hall–Kier alpha value is -3.46. The highest BCUT2D eigenvalue weighted by Crippen LogP contribution is 2.33. The Bertz CT molecular complexity index is 1390. The van der Waals surface area contributed by atoms with Gasteiger partial charge in [0.1, 0.15) is 5.65 Å². The summed E-state index contributed by atoms with van der Waals surface area (Å²) >= 11 is 0. The lowest BCUT2D eigenvalue weighted by molar-refractivity contribution is 0.0557. The van der Waals surface area contributed by atoms with Crippen LogP contribution < -0.4 is 10.9 Å². The molecule has 5 rings (SSSR count). The summed E-state index contributed by atoms with van der Waals surface area (Å²) < 4.78 is 7.43. The zero-order valence-electron chi connectivity index (χ0n) is 22.6. The quantitative estimate of drug-likeness (QED) is 0.494. The molecule has 9 heteroatoms. The number of ether oxygens (including phenoxy) is 1. The molecule has 3 aromatic rings. The molecule has 202 valence electrons. The molecule has 1 aromatic carbocycles. The maximum absolute atomic E-state index is 14.0. The monoisotopic (exact) mass is 519 g/mol. The molecule has 0 spiro atoms. The van der Waals surface area contributed by atoms with Gasteiger partial charge in [0, 0.05) is 55.0 Å². The van der Waals surface area contributed by atoms with Crippen LogP contribution in [0.15, 0.2) is 41.3 Å². The van der Waals surface area contributed by atoms with Gasteiger partial charge in [-0.1, -0.05) is 45.0 Å². The molecule has 2 aliphatic heterocycles. The predicted molar refractivity (Wildman–Crippen MR) is 148 cm³/mol. The number of hydrogen-bond donors (Lipinski definition) is 2. The third kappa shape index (κ3) is 5.12. The van der Waals surface area contributed by atoms with Gasteiger partial charge in [-0.05, 0) is 55.2 Å². The van der Waals surface area contributed by atoms with Crippen LogP contribution in [-0.2, 0) is 4.74 Å². The number of carboxylic acid groups (broad SMARTS) is 1. The van der Waals surface area contributed by atoms with Crippen LogP contribution >= 0.6 is 0 Å². The molecule has 0 radical (unpaired) electrons. The average molecular weight is 520 g/mol. The number of hydrogen-bond acceptors (Lipinski definition) is 6. The van der Waals surface area contributed by atoms with Crippen molar-refractivity contribution in [1.82, 2.24) is 19.4 Å². The standard InChI is InChI=1S/C29H37N5O4/c1-18-7-5-6-8-22(18)23-15-19-17-30-27(32-25(19)34(26(23)35)21-10-13-38-14-11-21)31-20-9-12-33(28(36)37)24(16-20)29(2,3)4/h5-8,15,17,20-21,24H,9-14,16H2,1-4H3,(H,36,37)(H,30,31,32). The van der Waals surface area contributed by atoms with Gasteiger partial charge >= 0.3 is 6.09 Å². The highest BCUT2D eigenvalue weighted by atomic mass is 16.5. The van der Waals surface area contributed by atoms with E-state index in [0.717, 1.165) is 29.4 Å². The fraction of sp³-hybridized carbons (Fsp3) is 0.517. The van der Waals surface area contributed by atoms with Crippen LogP contribution in [0.25, 0.3) is 22.2 Å². The second-order valence-corrected chi connectivity index (χ2v) is 11.6. The Labute approximate surface area is 222 Å². The first kappa shape index (κ1) is 26.2. The van der Waals surface area contributed by atoms with Crippen LogP contribution in [0.4, 0.5) is 10.7 Å². The topological polar surface area (TPSA) is 110 Å². The van der Waals surface area contributed by atoms with Gasteiger partial charge in [-0.2, -0.15) is 4.98 Å². The van der Waals surface area contributed by atoms with E-state index in [9.17, 15) is 14.7 Å². The highest BCUT2D eigenvalue weighted by molar-refractivity contribution is 5.82. The summed E-state index contributed by atoms with van der Waals surface area (Å²) in [7, 11) is 0. The second-order valence-electron chi connectivity index (χ2n) is 11.6. The van der Waals surface area contributed by atoms with Crippen molar-refractivity contribution in [3.63, 3.8) is 0 Å². The Morgan fingerprint density at radius 1 is 1.13 bits per heavy atom. The summed E-state index contributed by atoms with van der Waals surface area (Å²) in [6.07, 6.45) is 3.74. The Kier molecular flexibility index (Phi) is 7.13. The SMILES string of the molecule is Cc1ccccc1-c1cc2cnc(NC3CCN(C(=O)O)C(C(C)(C)C)C3)nc2n(C2CCOCC2)c1=O. The number of likely N-dealkylation sites (tertiary alicyclic amines) is 1. The molecule has 1 amide bonds. The minimum Gasteiger partial charge on any atom is -0.465 e. The number of benzene rings is 1. The van der Waals surface area contributed by atoms with Crippen molar-refractivity contribution >= 4 is 23.1 Å². The first-order valence-electron chi connectivity index (χ1n) is 13.5. The molecular formula is C29H37N5O4. The molecule has 0 aliphatic carbocycles. The molecule has 2 aromatic heterocycles. The maximum Gasteiger partial charge on any atom is 0.407 e. The molecule has 9 nitrogen and oxygen atoms in total. The number of amides is 1. The van der Waals surface area contributed by atoms with Gasteiger partial charge in [0.25, 0.3) is 5.56 Å². The van der Waals surface area contributed by atoms with Crippen LogP contribution in [0.2, 0.25) is 0 Å². The first-order valence-corrected chi connectivity index (χ1v) is 13.5. The largest absolute Gasteiger partial charge is 0.465 e. The van der Waals surface area contributed by atoms with E-state index < -0.39 is 6.09 Å². The molecular weight excluding hydrogens is 482 g/mol. The van der Waals surface area contributed by atoms with Crippen LogP contribution in [0, 0.1) is 12.3 Å². The van der Waals surface area contributed by atoms with Gasteiger partial charge < -0.3 is 20.1 Å². The van der Waals surface area contributed by atoms with Crippen LogP contribution in [0.5, 0.6) is 0 Å². The number of piperidine rings is 1. The Morgan fingerprint density at radius 2 is 1.87 bits per heavy atom. The minimum absolute atomic E-state index is 0.00505. The molecule has 2 saturated heterocycles. The average Bonchev–Trinajstić information content (AvgIpc) is 2.89. The number of aryl methyl sites for hydroxylation is 1. The molecule has 2 atom stereocenters. The molecule has 38 heavy (non-hydrogen) atoms. The molecule has 2 fully saturated rings. The first-order chi connectivity index (χ1) is 18.1. The van der Waals surface area contributed by atoms with Gasteiger partial charge in [0.15, 0.2) is 0 Å². The van der Waals surface area contributed by atoms with Crippen LogP contribution in [0.3, 0.4) is 0 Å². The van der Waals surface area contributed by atoms with Gasteiger partial charge in [-0.25, -0.2) is 9.78 Å². The second kappa shape index (κ2) is 10.4. The summed E-state index contributed by atoms with van der Waals surface area (Å²) in [6, 6.07) is 9.73. The zero-order chi connectivity index (χ0) is 27.0. The number of carbonyl (C=O) groups is 1. The number of fused-ring (bicyclic) bond motifs is 1. The Morgan fingerprint density at radius 3 is 2.55 bits per heavy atom. The minimum atomic E-state index is -0.879. The van der Waals surface area contributed by atoms with Crippen LogP contribution in [0.1, 0.15) is 58.1 Å². The van der Waals surface area contributed by atoms with E-state index in [-0.39, 0.29) is 29.1 Å². The highest BCUT2D eigenvalue weighted by Gasteiger charge is 2.39. The lowest BCUT2D eigenvalue weighted by Gasteiger charge is -2.44. The summed E-state index contributed by atoms with van der Waals surface area (Å²) in [5.74, 6) is 0.461. The lowest BCUT2D eigenvalue weighted by atomic mass is 9.79. The van der Waals surface area contributed by atoms with Crippen molar-refractivity contribution in [2.45, 2.75) is 71.5 Å². The van der Waals surface area contributed by atoms with Crippen molar-refractivity contribution in [2.24, 2.45) is 5.41 Å². The van der Waals surface area contributed by atoms with Crippen LogP contribution in [-0.4, -0.2) is 62.5 Å². The summed E-state index contributed by atoms with van der Waals surface area (Å²) in [4.78, 5) is 36.9. The van der Waals surface area contributed by atoms with Crippen molar-refractivity contribution < 1.29 is 14.6 Å². The molecule has 2 N–H and O–H groups in total. The van der Waals surface area contributed by atoms with E-state index in [1.54, 1.807) is 11.1 Å². The number of nitrogens with one attached hydrogen (secondary N) is 1. The number of pyridine rings is 1. The van der Waals surface area contributed by atoms with E-state index in [1.807, 2.05) is 41.8 Å². The number of rotatable bonds is 4. The van der Waals surface area contributed by atoms with Gasteiger partial charge in [-0.3, -0.25) is 9.36 Å². The van der Waals surface area contributed by atoms with Crippen molar-refractivity contribution in [2.75, 3.05) is 25.1 Å². The summed E-state index contributed by atoms with van der Waals surface area (Å²) in [6.45, 7) is 9.90. The predicted octanol–water partition coefficient (Wildman–Crippen LogP) is 5.09. The van der Waals surface area contributed by atoms with Crippen molar-refractivity contribution in [3.05, 3.63) is 52.4 Å². The summed E-state index contributed by atoms with van der Waals surface area (Å²) in [5, 5.41) is 14.0. The summed E-state index contributed by atoms with van der Waals surface area (Å²) in [5.41, 5.74) is 2.99. The normalized spacial score (nSPS) is 21.0. The molecule has 4 heterocycles. The molecule has 0 bridgehead atoms.